The van der Waals surface area contributed by atoms with Gasteiger partial charge in [0.2, 0.25) is 0 Å². The fraction of sp³-hybridized carbons (Fsp3) is 0.200. The summed E-state index contributed by atoms with van der Waals surface area (Å²) in [6.45, 7) is 1.81. The van der Waals surface area contributed by atoms with E-state index in [4.69, 9.17) is 5.73 Å². The lowest BCUT2D eigenvalue weighted by Crippen LogP contribution is -2.29. The number of carbonyl (C=O) groups is 1. The monoisotopic (exact) mass is 427 g/mol. The Morgan fingerprint density at radius 2 is 2.17 bits per heavy atom. The van der Waals surface area contributed by atoms with Gasteiger partial charge in [-0.25, -0.2) is 4.39 Å². The van der Waals surface area contributed by atoms with Crippen LogP contribution in [0.2, 0.25) is 0 Å². The van der Waals surface area contributed by atoms with Crippen LogP contribution in [0.15, 0.2) is 47.5 Å². The third-order valence-corrected chi connectivity index (χ3v) is 5.87. The van der Waals surface area contributed by atoms with E-state index in [0.29, 0.717) is 28.2 Å². The molecule has 3 aromatic rings. The SMILES string of the molecule is CC1(c2cc(NC(=O)c3cc4cccc([N+](=O)[O-])c4[nH]3)ccc2F)CCSC(N)=N1. The number of anilines is 1. The second-order valence-electron chi connectivity index (χ2n) is 7.15. The van der Waals surface area contributed by atoms with Crippen molar-refractivity contribution in [3.63, 3.8) is 0 Å². The van der Waals surface area contributed by atoms with E-state index < -0.39 is 22.2 Å². The van der Waals surface area contributed by atoms with Gasteiger partial charge in [-0.2, -0.15) is 0 Å². The standard InChI is InChI=1S/C20H18FN5O3S/c1-20(7-8-30-19(22)25-20)13-10-12(5-6-14(13)21)23-18(27)15-9-11-3-2-4-16(26(28)29)17(11)24-15/h2-6,9-10,24H,7-8H2,1H3,(H2,22,25)(H,23,27). The molecule has 1 aliphatic rings. The Hall–Kier alpha value is -3.40. The number of para-hydroxylation sites is 1. The third kappa shape index (κ3) is 3.61. The Balaban J connectivity index is 1.64. The molecule has 2 heterocycles. The number of aromatic amines is 1. The second kappa shape index (κ2) is 7.45. The van der Waals surface area contributed by atoms with Gasteiger partial charge in [0, 0.05) is 28.5 Å². The van der Waals surface area contributed by atoms with E-state index in [0.717, 1.165) is 5.75 Å². The van der Waals surface area contributed by atoms with Crippen LogP contribution in [-0.2, 0) is 5.54 Å². The van der Waals surface area contributed by atoms with E-state index >= 15 is 0 Å². The highest BCUT2D eigenvalue weighted by Gasteiger charge is 2.32. The minimum Gasteiger partial charge on any atom is -0.379 e. The minimum atomic E-state index is -0.818. The van der Waals surface area contributed by atoms with Crippen LogP contribution in [0.4, 0.5) is 15.8 Å². The summed E-state index contributed by atoms with van der Waals surface area (Å²) in [7, 11) is 0. The van der Waals surface area contributed by atoms with Gasteiger partial charge in [-0.05, 0) is 37.6 Å². The highest BCUT2D eigenvalue weighted by Crippen LogP contribution is 2.37. The molecule has 0 aliphatic carbocycles. The molecule has 1 aliphatic heterocycles. The van der Waals surface area contributed by atoms with E-state index in [1.165, 1.54) is 36.0 Å². The number of amides is 1. The van der Waals surface area contributed by atoms with Crippen molar-refractivity contribution < 1.29 is 14.1 Å². The number of H-pyrrole nitrogens is 1. The number of halogens is 1. The molecule has 0 spiro atoms. The van der Waals surface area contributed by atoms with E-state index in [1.807, 2.05) is 0 Å². The van der Waals surface area contributed by atoms with Crippen LogP contribution in [0.5, 0.6) is 0 Å². The number of carbonyl (C=O) groups excluding carboxylic acids is 1. The van der Waals surface area contributed by atoms with Crippen LogP contribution in [0.25, 0.3) is 10.9 Å². The van der Waals surface area contributed by atoms with Crippen LogP contribution in [0, 0.1) is 15.9 Å². The maximum atomic E-state index is 14.5. The van der Waals surface area contributed by atoms with E-state index in [1.54, 1.807) is 25.1 Å². The number of rotatable bonds is 4. The fourth-order valence-electron chi connectivity index (χ4n) is 3.51. The largest absolute Gasteiger partial charge is 0.379 e. The molecule has 0 bridgehead atoms. The fourth-order valence-corrected chi connectivity index (χ4v) is 4.48. The molecule has 4 rings (SSSR count). The van der Waals surface area contributed by atoms with Gasteiger partial charge in [-0.1, -0.05) is 23.9 Å². The molecule has 1 atom stereocenters. The highest BCUT2D eigenvalue weighted by atomic mass is 32.2. The molecule has 1 amide bonds. The Morgan fingerprint density at radius 3 is 2.90 bits per heavy atom. The molecule has 1 unspecified atom stereocenters. The normalized spacial score (nSPS) is 18.8. The number of hydrogen-bond donors (Lipinski definition) is 3. The molecule has 0 fully saturated rings. The molecule has 154 valence electrons. The van der Waals surface area contributed by atoms with Crippen LogP contribution in [0.1, 0.15) is 29.4 Å². The number of amidine groups is 1. The number of nitro benzene ring substituents is 1. The summed E-state index contributed by atoms with van der Waals surface area (Å²) in [6, 6.07) is 10.4. The second-order valence-corrected chi connectivity index (χ2v) is 8.27. The summed E-state index contributed by atoms with van der Waals surface area (Å²) < 4.78 is 14.5. The number of benzene rings is 2. The maximum Gasteiger partial charge on any atom is 0.293 e. The zero-order valence-corrected chi connectivity index (χ0v) is 16.8. The topological polar surface area (TPSA) is 126 Å². The smallest absolute Gasteiger partial charge is 0.293 e. The maximum absolute atomic E-state index is 14.5. The lowest BCUT2D eigenvalue weighted by Gasteiger charge is -2.30. The zero-order valence-electron chi connectivity index (χ0n) is 15.9. The quantitative estimate of drug-likeness (QED) is 0.426. The molecule has 8 nitrogen and oxygen atoms in total. The summed E-state index contributed by atoms with van der Waals surface area (Å²) >= 11 is 1.42. The molecule has 1 aromatic heterocycles. The van der Waals surface area contributed by atoms with Crippen molar-refractivity contribution >= 4 is 45.1 Å². The molecule has 30 heavy (non-hydrogen) atoms. The lowest BCUT2D eigenvalue weighted by atomic mass is 9.89. The molecule has 10 heteroatoms. The first-order valence-electron chi connectivity index (χ1n) is 9.12. The van der Waals surface area contributed by atoms with Gasteiger partial charge >= 0.3 is 0 Å². The van der Waals surface area contributed by atoms with E-state index in [-0.39, 0.29) is 16.9 Å². The zero-order chi connectivity index (χ0) is 21.5. The average molecular weight is 427 g/mol. The van der Waals surface area contributed by atoms with Crippen molar-refractivity contribution in [1.82, 2.24) is 4.98 Å². The number of nitrogens with two attached hydrogens (primary N) is 1. The first-order valence-corrected chi connectivity index (χ1v) is 10.1. The predicted molar refractivity (Wildman–Crippen MR) is 115 cm³/mol. The van der Waals surface area contributed by atoms with Gasteiger partial charge in [0.25, 0.3) is 11.6 Å². The Labute approximate surface area is 174 Å². The van der Waals surface area contributed by atoms with Crippen molar-refractivity contribution in [2.75, 3.05) is 11.1 Å². The van der Waals surface area contributed by atoms with Gasteiger partial charge < -0.3 is 16.0 Å². The Morgan fingerprint density at radius 1 is 1.37 bits per heavy atom. The molecule has 0 radical (unpaired) electrons. The van der Waals surface area contributed by atoms with E-state index in [2.05, 4.69) is 15.3 Å². The predicted octanol–water partition coefficient (Wildman–Crippen LogP) is 4.13. The van der Waals surface area contributed by atoms with Crippen LogP contribution in [-0.4, -0.2) is 26.7 Å². The summed E-state index contributed by atoms with van der Waals surface area (Å²) in [6.07, 6.45) is 0.609. The van der Waals surface area contributed by atoms with Gasteiger partial charge in [0.05, 0.1) is 10.5 Å². The average Bonchev–Trinajstić information content (AvgIpc) is 3.13. The van der Waals surface area contributed by atoms with Crippen molar-refractivity contribution in [1.29, 1.82) is 0 Å². The Kier molecular flexibility index (Phi) is 4.94. The number of nitrogens with zero attached hydrogens (tertiary/aromatic N) is 2. The molecular weight excluding hydrogens is 409 g/mol. The number of fused-ring (bicyclic) bond motifs is 1. The molecule has 4 N–H and O–H groups in total. The van der Waals surface area contributed by atoms with Crippen LogP contribution >= 0.6 is 11.8 Å². The third-order valence-electron chi connectivity index (χ3n) is 5.08. The number of hydrogen-bond acceptors (Lipinski definition) is 6. The summed E-state index contributed by atoms with van der Waals surface area (Å²) in [5, 5.41) is 14.8. The summed E-state index contributed by atoms with van der Waals surface area (Å²) in [5.74, 6) is -0.207. The summed E-state index contributed by atoms with van der Waals surface area (Å²) in [4.78, 5) is 30.6. The molecule has 0 saturated carbocycles. The van der Waals surface area contributed by atoms with Crippen LogP contribution in [0.3, 0.4) is 0 Å². The molecule has 2 aromatic carbocycles. The Bertz CT molecular complexity index is 1210. The lowest BCUT2D eigenvalue weighted by molar-refractivity contribution is -0.383. The van der Waals surface area contributed by atoms with Crippen LogP contribution < -0.4 is 11.1 Å². The van der Waals surface area contributed by atoms with Crippen molar-refractivity contribution in [3.8, 4) is 0 Å². The first-order chi connectivity index (χ1) is 14.3. The van der Waals surface area contributed by atoms with Crippen molar-refractivity contribution in [2.45, 2.75) is 18.9 Å². The number of aromatic nitrogens is 1. The van der Waals surface area contributed by atoms with E-state index in [9.17, 15) is 19.3 Å². The highest BCUT2D eigenvalue weighted by molar-refractivity contribution is 8.13. The first kappa shape index (κ1) is 19.9. The van der Waals surface area contributed by atoms with Crippen molar-refractivity contribution in [2.24, 2.45) is 10.7 Å². The van der Waals surface area contributed by atoms with Crippen molar-refractivity contribution in [3.05, 3.63) is 69.7 Å². The molecule has 0 saturated heterocycles. The number of thioether (sulfide) groups is 1. The number of aliphatic imine (C=N–C) groups is 1. The van der Waals surface area contributed by atoms with Gasteiger partial charge in [-0.15, -0.1) is 0 Å². The van der Waals surface area contributed by atoms with Gasteiger partial charge in [0.1, 0.15) is 17.0 Å². The molecular formula is C20H18FN5O3S. The minimum absolute atomic E-state index is 0.117. The summed E-state index contributed by atoms with van der Waals surface area (Å²) in [5.41, 5.74) is 6.06. The number of nitrogens with one attached hydrogen (secondary N) is 2. The van der Waals surface area contributed by atoms with Gasteiger partial charge in [-0.3, -0.25) is 19.9 Å². The number of nitro groups is 1. The number of non-ortho nitro benzene ring substituents is 1. The van der Waals surface area contributed by atoms with Gasteiger partial charge in [0.15, 0.2) is 5.17 Å².